The standard InChI is InChI=1S/C27H28O16/c28-6-13-18(31)21(34)23(36)26(42-13)40-11-3-1-2-9-15(11)20(33)16-10(17(9)30)4-8(25(38)39)5-12(16)41-27-24(37)22(35)19(32)14(7-29)43-27/h1-5,13-14,18-19,21-24,26-29,31-32,34-37H,6-7H2,(H,38,39)/t13-,14-,18+,19+,21+,22+,23-,24-,26-,27-/m1/s1. The van der Waals surface area contributed by atoms with Gasteiger partial charge < -0.3 is 64.9 Å². The first-order valence-corrected chi connectivity index (χ1v) is 13.0. The zero-order valence-corrected chi connectivity index (χ0v) is 22.0. The minimum absolute atomic E-state index is 0.235. The molecule has 0 saturated carbocycles. The average Bonchev–Trinajstić information content (AvgIpc) is 2.99. The minimum atomic E-state index is -1.94. The van der Waals surface area contributed by atoms with Gasteiger partial charge in [-0.05, 0) is 18.2 Å². The van der Waals surface area contributed by atoms with Crippen molar-refractivity contribution < 1.29 is 79.3 Å². The molecule has 3 aliphatic rings. The molecule has 0 aromatic heterocycles. The van der Waals surface area contributed by atoms with Gasteiger partial charge in [0.05, 0.1) is 29.9 Å². The van der Waals surface area contributed by atoms with Crippen LogP contribution in [0, 0.1) is 0 Å². The third kappa shape index (κ3) is 5.27. The Bertz CT molecular complexity index is 1420. The molecule has 16 nitrogen and oxygen atoms in total. The second kappa shape index (κ2) is 11.9. The molecule has 0 radical (unpaired) electrons. The Morgan fingerprint density at radius 2 is 1.19 bits per heavy atom. The number of ether oxygens (including phenoxy) is 4. The van der Waals surface area contributed by atoms with Gasteiger partial charge in [-0.1, -0.05) is 12.1 Å². The molecule has 2 aliphatic heterocycles. The molecule has 5 rings (SSSR count). The van der Waals surface area contributed by atoms with Crippen molar-refractivity contribution in [2.45, 2.75) is 61.4 Å². The smallest absolute Gasteiger partial charge is 0.335 e. The first kappa shape index (κ1) is 30.9. The van der Waals surface area contributed by atoms with Crippen molar-refractivity contribution in [2.24, 2.45) is 0 Å². The number of hydrogen-bond donors (Lipinski definition) is 9. The van der Waals surface area contributed by atoms with Gasteiger partial charge in [0.1, 0.15) is 60.3 Å². The van der Waals surface area contributed by atoms with E-state index in [0.717, 1.165) is 12.1 Å². The largest absolute Gasteiger partial charge is 0.478 e. The van der Waals surface area contributed by atoms with E-state index in [9.17, 15) is 60.3 Å². The van der Waals surface area contributed by atoms with Gasteiger partial charge in [-0.2, -0.15) is 0 Å². The molecule has 9 N–H and O–H groups in total. The number of carboxylic acid groups (broad SMARTS) is 1. The van der Waals surface area contributed by atoms with Crippen molar-refractivity contribution in [3.63, 3.8) is 0 Å². The number of benzene rings is 2. The van der Waals surface area contributed by atoms with Crippen LogP contribution in [0.5, 0.6) is 11.5 Å². The highest BCUT2D eigenvalue weighted by molar-refractivity contribution is 6.30. The molecule has 0 unspecified atom stereocenters. The molecule has 16 heteroatoms. The van der Waals surface area contributed by atoms with E-state index in [0.29, 0.717) is 0 Å². The molecule has 43 heavy (non-hydrogen) atoms. The Morgan fingerprint density at radius 1 is 0.674 bits per heavy atom. The van der Waals surface area contributed by atoms with E-state index in [1.54, 1.807) is 0 Å². The Labute approximate surface area is 241 Å². The Kier molecular flexibility index (Phi) is 8.52. The molecule has 0 spiro atoms. The first-order chi connectivity index (χ1) is 20.4. The maximum Gasteiger partial charge on any atom is 0.335 e. The summed E-state index contributed by atoms with van der Waals surface area (Å²) in [4.78, 5) is 39.5. The number of hydrogen-bond acceptors (Lipinski definition) is 15. The van der Waals surface area contributed by atoms with Gasteiger partial charge in [0.2, 0.25) is 18.4 Å². The lowest BCUT2D eigenvalue weighted by Gasteiger charge is -2.40. The lowest BCUT2D eigenvalue weighted by molar-refractivity contribution is -0.277. The van der Waals surface area contributed by atoms with Gasteiger partial charge in [0.15, 0.2) is 5.78 Å². The van der Waals surface area contributed by atoms with Gasteiger partial charge in [0.25, 0.3) is 0 Å². The quantitative estimate of drug-likeness (QED) is 0.126. The van der Waals surface area contributed by atoms with Crippen LogP contribution in [-0.2, 0) is 9.47 Å². The van der Waals surface area contributed by atoms with E-state index in [-0.39, 0.29) is 16.9 Å². The average molecular weight is 609 g/mol. The lowest BCUT2D eigenvalue weighted by atomic mass is 9.82. The van der Waals surface area contributed by atoms with Gasteiger partial charge in [0, 0.05) is 11.1 Å². The van der Waals surface area contributed by atoms with Crippen molar-refractivity contribution in [3.8, 4) is 11.5 Å². The van der Waals surface area contributed by atoms with E-state index in [1.165, 1.54) is 18.2 Å². The first-order valence-electron chi connectivity index (χ1n) is 13.0. The normalized spacial score (nSPS) is 33.9. The van der Waals surface area contributed by atoms with Crippen LogP contribution < -0.4 is 9.47 Å². The van der Waals surface area contributed by atoms with Crippen LogP contribution in [0.15, 0.2) is 30.3 Å². The number of carbonyl (C=O) groups is 3. The molecular weight excluding hydrogens is 580 g/mol. The third-order valence-corrected chi connectivity index (χ3v) is 7.50. The van der Waals surface area contributed by atoms with Gasteiger partial charge in [-0.15, -0.1) is 0 Å². The molecule has 232 valence electrons. The number of ketones is 2. The van der Waals surface area contributed by atoms with Crippen molar-refractivity contribution in [2.75, 3.05) is 13.2 Å². The van der Waals surface area contributed by atoms with Gasteiger partial charge >= 0.3 is 5.97 Å². The van der Waals surface area contributed by atoms with Crippen molar-refractivity contribution in [1.82, 2.24) is 0 Å². The highest BCUT2D eigenvalue weighted by Gasteiger charge is 2.47. The van der Waals surface area contributed by atoms with Crippen LogP contribution >= 0.6 is 0 Å². The second-order valence-electron chi connectivity index (χ2n) is 10.2. The summed E-state index contributed by atoms with van der Waals surface area (Å²) in [7, 11) is 0. The zero-order valence-electron chi connectivity index (χ0n) is 22.0. The van der Waals surface area contributed by atoms with Crippen LogP contribution in [-0.4, -0.2) is 138 Å². The number of rotatable bonds is 7. The Hall–Kier alpha value is -3.55. The molecule has 2 aromatic carbocycles. The van der Waals surface area contributed by atoms with Crippen molar-refractivity contribution in [3.05, 3.63) is 58.1 Å². The molecule has 2 heterocycles. The van der Waals surface area contributed by atoms with Crippen molar-refractivity contribution >= 4 is 17.5 Å². The number of aliphatic hydroxyl groups is 8. The summed E-state index contributed by atoms with van der Waals surface area (Å²) in [5.74, 6) is -4.18. The summed E-state index contributed by atoms with van der Waals surface area (Å²) in [5.41, 5.74) is -1.98. The van der Waals surface area contributed by atoms with Crippen LogP contribution in [0.25, 0.3) is 0 Å². The van der Waals surface area contributed by atoms with E-state index < -0.39 is 115 Å². The van der Waals surface area contributed by atoms with E-state index in [4.69, 9.17) is 18.9 Å². The number of fused-ring (bicyclic) bond motifs is 2. The number of carboxylic acids is 1. The predicted octanol–water partition coefficient (Wildman–Crippen LogP) is -3.48. The third-order valence-electron chi connectivity index (χ3n) is 7.50. The molecule has 2 aromatic rings. The molecular formula is C27H28O16. The highest BCUT2D eigenvalue weighted by atomic mass is 16.7. The van der Waals surface area contributed by atoms with Gasteiger partial charge in [-0.25, -0.2) is 4.79 Å². The predicted molar refractivity (Wildman–Crippen MR) is 135 cm³/mol. The fourth-order valence-corrected chi connectivity index (χ4v) is 5.15. The summed E-state index contributed by atoms with van der Waals surface area (Å²) in [6.45, 7) is -1.56. The van der Waals surface area contributed by atoms with Crippen LogP contribution in [0.4, 0.5) is 0 Å². The summed E-state index contributed by atoms with van der Waals surface area (Å²) in [6, 6.07) is 5.62. The van der Waals surface area contributed by atoms with Crippen LogP contribution in [0.2, 0.25) is 0 Å². The second-order valence-corrected chi connectivity index (χ2v) is 10.2. The van der Waals surface area contributed by atoms with Gasteiger partial charge in [-0.3, -0.25) is 9.59 Å². The fraction of sp³-hybridized carbons (Fsp3) is 0.444. The zero-order chi connectivity index (χ0) is 31.3. The maximum atomic E-state index is 14.0. The Balaban J connectivity index is 1.56. The lowest BCUT2D eigenvalue weighted by Crippen LogP contribution is -2.60. The monoisotopic (exact) mass is 608 g/mol. The maximum absolute atomic E-state index is 14.0. The Morgan fingerprint density at radius 3 is 1.70 bits per heavy atom. The minimum Gasteiger partial charge on any atom is -0.478 e. The fourth-order valence-electron chi connectivity index (χ4n) is 5.15. The number of carbonyl (C=O) groups excluding carboxylic acids is 2. The van der Waals surface area contributed by atoms with Crippen molar-refractivity contribution in [1.29, 1.82) is 0 Å². The molecule has 2 fully saturated rings. The molecule has 1 aliphatic carbocycles. The molecule has 2 saturated heterocycles. The summed E-state index contributed by atoms with van der Waals surface area (Å²) < 4.78 is 21.9. The van der Waals surface area contributed by atoms with Crippen LogP contribution in [0.1, 0.15) is 42.2 Å². The highest BCUT2D eigenvalue weighted by Crippen LogP contribution is 2.40. The SMILES string of the molecule is O=C(O)c1cc(O[C@@H]2O[C@H](CO)[C@H](O)[C@H](O)[C@H]2O)c2c(c1)C(=O)c1cccc(O[C@@H]3O[C@H](CO)[C@H](O)[C@H](O)[C@H]3O)c1C2=O. The summed E-state index contributed by atoms with van der Waals surface area (Å²) in [6.07, 6.45) is -17.2. The molecule has 0 amide bonds. The molecule has 10 atom stereocenters. The van der Waals surface area contributed by atoms with E-state index in [2.05, 4.69) is 0 Å². The summed E-state index contributed by atoms with van der Waals surface area (Å²) >= 11 is 0. The number of aromatic carboxylic acids is 1. The summed E-state index contributed by atoms with van der Waals surface area (Å²) in [5, 5.41) is 89.9. The van der Waals surface area contributed by atoms with Crippen LogP contribution in [0.3, 0.4) is 0 Å². The van der Waals surface area contributed by atoms with E-state index >= 15 is 0 Å². The number of aliphatic hydroxyl groups excluding tert-OH is 8. The topological polar surface area (TPSA) is 270 Å². The van der Waals surface area contributed by atoms with E-state index in [1.807, 2.05) is 0 Å². The molecule has 0 bridgehead atoms.